The third-order valence-corrected chi connectivity index (χ3v) is 15.2. The van der Waals surface area contributed by atoms with Gasteiger partial charge in [0.15, 0.2) is 24.6 Å². The third-order valence-electron chi connectivity index (χ3n) is 15.2. The van der Waals surface area contributed by atoms with Gasteiger partial charge in [0.1, 0.15) is 18.8 Å². The summed E-state index contributed by atoms with van der Waals surface area (Å²) >= 11 is 0. The van der Waals surface area contributed by atoms with Gasteiger partial charge in [-0.2, -0.15) is 0 Å². The zero-order valence-electron chi connectivity index (χ0n) is 48.8. The van der Waals surface area contributed by atoms with Crippen molar-refractivity contribution in [3.8, 4) is 0 Å². The molecule has 442 valence electrons. The number of aliphatic hydroxyl groups is 2. The molecule has 0 aromatic rings. The van der Waals surface area contributed by atoms with E-state index in [9.17, 15) is 34.5 Å². The second kappa shape index (κ2) is 52.4. The molecule has 0 saturated carbocycles. The average molecular weight is 1070 g/mol. The van der Waals surface area contributed by atoms with Crippen LogP contribution >= 0.6 is 0 Å². The van der Waals surface area contributed by atoms with Crippen molar-refractivity contribution in [2.45, 2.75) is 366 Å². The lowest BCUT2D eigenvalue weighted by molar-refractivity contribution is -0.301. The maximum absolute atomic E-state index is 13.2. The van der Waals surface area contributed by atoms with Crippen molar-refractivity contribution in [2.75, 3.05) is 13.2 Å². The lowest BCUT2D eigenvalue weighted by Crippen LogP contribution is -2.61. The van der Waals surface area contributed by atoms with Crippen molar-refractivity contribution in [3.05, 3.63) is 0 Å². The highest BCUT2D eigenvalue weighted by molar-refractivity contribution is 5.74. The predicted molar refractivity (Wildman–Crippen MR) is 304 cm³/mol. The quantitative estimate of drug-likeness (QED) is 0.0299. The molecule has 0 radical (unpaired) electrons. The van der Waals surface area contributed by atoms with Gasteiger partial charge >= 0.3 is 23.9 Å². The first-order valence-corrected chi connectivity index (χ1v) is 32.0. The molecule has 1 aliphatic rings. The summed E-state index contributed by atoms with van der Waals surface area (Å²) in [5.74, 6) is -3.07. The number of ether oxygens (including phenoxy) is 5. The molecule has 0 aromatic heterocycles. The first-order valence-electron chi connectivity index (χ1n) is 32.0. The van der Waals surface area contributed by atoms with Gasteiger partial charge in [-0.25, -0.2) is 4.79 Å². The van der Waals surface area contributed by atoms with Gasteiger partial charge in [-0.1, -0.05) is 290 Å². The van der Waals surface area contributed by atoms with Gasteiger partial charge < -0.3 is 39.0 Å². The molecule has 75 heavy (non-hydrogen) atoms. The molecule has 0 spiro atoms. The first-order chi connectivity index (χ1) is 36.6. The zero-order valence-corrected chi connectivity index (χ0v) is 48.8. The number of rotatable bonds is 56. The SMILES string of the molecule is CCCCCCCCCCCCCCCCCCCCCC(=O)OCC(COC1OC(C(=O)O)C(O)C(O)C1OC(=O)CCCCCCCCCCC)OC(=O)CCCCCCCCCCCCCCCCCCC. The molecule has 0 aliphatic carbocycles. The van der Waals surface area contributed by atoms with Crippen LogP contribution in [0.4, 0.5) is 0 Å². The molecular weight excluding hydrogens is 949 g/mol. The molecule has 6 unspecified atom stereocenters. The number of unbranched alkanes of at least 4 members (excludes halogenated alkanes) is 42. The van der Waals surface area contributed by atoms with Gasteiger partial charge in [0.25, 0.3) is 0 Å². The van der Waals surface area contributed by atoms with E-state index in [1.54, 1.807) is 0 Å². The molecule has 6 atom stereocenters. The molecule has 12 heteroatoms. The Hall–Kier alpha value is -2.28. The van der Waals surface area contributed by atoms with Crippen molar-refractivity contribution in [2.24, 2.45) is 0 Å². The van der Waals surface area contributed by atoms with Gasteiger partial charge in [-0.3, -0.25) is 14.4 Å². The van der Waals surface area contributed by atoms with Crippen LogP contribution in [-0.4, -0.2) is 89.2 Å². The number of carbonyl (C=O) groups excluding carboxylic acids is 3. The van der Waals surface area contributed by atoms with E-state index in [1.165, 1.54) is 205 Å². The largest absolute Gasteiger partial charge is 0.479 e. The van der Waals surface area contributed by atoms with Crippen molar-refractivity contribution in [1.82, 2.24) is 0 Å². The van der Waals surface area contributed by atoms with Crippen LogP contribution in [0.1, 0.15) is 329 Å². The van der Waals surface area contributed by atoms with Gasteiger partial charge in [0, 0.05) is 19.3 Å². The van der Waals surface area contributed by atoms with Crippen LogP contribution in [0.3, 0.4) is 0 Å². The van der Waals surface area contributed by atoms with Crippen LogP contribution < -0.4 is 0 Å². The third kappa shape index (κ3) is 42.4. The van der Waals surface area contributed by atoms with Crippen molar-refractivity contribution in [1.29, 1.82) is 0 Å². The Balaban J connectivity index is 2.59. The lowest BCUT2D eigenvalue weighted by Gasteiger charge is -2.40. The Bertz CT molecular complexity index is 1310. The Morgan fingerprint density at radius 3 is 1.00 bits per heavy atom. The molecule has 1 heterocycles. The van der Waals surface area contributed by atoms with Crippen molar-refractivity contribution in [3.63, 3.8) is 0 Å². The molecule has 1 fully saturated rings. The van der Waals surface area contributed by atoms with Crippen LogP contribution in [0, 0.1) is 0 Å². The minimum absolute atomic E-state index is 0.0688. The van der Waals surface area contributed by atoms with E-state index >= 15 is 0 Å². The Kier molecular flexibility index (Phi) is 49.4. The number of aliphatic hydroxyl groups excluding tert-OH is 2. The van der Waals surface area contributed by atoms with E-state index in [2.05, 4.69) is 20.8 Å². The number of carbonyl (C=O) groups is 4. The van der Waals surface area contributed by atoms with E-state index < -0.39 is 67.3 Å². The maximum atomic E-state index is 13.2. The van der Waals surface area contributed by atoms with E-state index in [0.717, 1.165) is 64.2 Å². The summed E-state index contributed by atoms with van der Waals surface area (Å²) in [5, 5.41) is 31.4. The molecule has 1 rings (SSSR count). The summed E-state index contributed by atoms with van der Waals surface area (Å²) in [6.45, 7) is 6.03. The van der Waals surface area contributed by atoms with Crippen molar-refractivity contribution < 1.29 is 58.2 Å². The van der Waals surface area contributed by atoms with Gasteiger partial charge in [-0.15, -0.1) is 0 Å². The minimum Gasteiger partial charge on any atom is -0.479 e. The van der Waals surface area contributed by atoms with Crippen molar-refractivity contribution >= 4 is 23.9 Å². The maximum Gasteiger partial charge on any atom is 0.335 e. The van der Waals surface area contributed by atoms with Crippen LogP contribution in [0.25, 0.3) is 0 Å². The fourth-order valence-electron chi connectivity index (χ4n) is 10.3. The number of hydrogen-bond donors (Lipinski definition) is 3. The highest BCUT2D eigenvalue weighted by atomic mass is 16.7. The van der Waals surface area contributed by atoms with Gasteiger partial charge in [0.2, 0.25) is 0 Å². The smallest absolute Gasteiger partial charge is 0.335 e. The highest BCUT2D eigenvalue weighted by Crippen LogP contribution is 2.27. The molecule has 0 bridgehead atoms. The molecular formula is C63H118O12. The fraction of sp³-hybridized carbons (Fsp3) is 0.937. The molecule has 3 N–H and O–H groups in total. The van der Waals surface area contributed by atoms with Gasteiger partial charge in [0.05, 0.1) is 6.61 Å². The van der Waals surface area contributed by atoms with E-state index in [1.807, 2.05) is 0 Å². The first kappa shape index (κ1) is 70.7. The zero-order chi connectivity index (χ0) is 54.7. The summed E-state index contributed by atoms with van der Waals surface area (Å²) in [7, 11) is 0. The minimum atomic E-state index is -1.89. The van der Waals surface area contributed by atoms with Crippen LogP contribution in [0.2, 0.25) is 0 Å². The topological polar surface area (TPSA) is 175 Å². The van der Waals surface area contributed by atoms with Crippen LogP contribution in [-0.2, 0) is 42.9 Å². The van der Waals surface area contributed by atoms with Gasteiger partial charge in [-0.05, 0) is 19.3 Å². The number of carboxylic acid groups (broad SMARTS) is 1. The molecule has 1 saturated heterocycles. The number of hydrogen-bond acceptors (Lipinski definition) is 11. The second-order valence-electron chi connectivity index (χ2n) is 22.4. The average Bonchev–Trinajstić information content (AvgIpc) is 3.39. The predicted octanol–water partition coefficient (Wildman–Crippen LogP) is 16.7. The molecule has 0 amide bonds. The number of aliphatic carboxylic acids is 1. The molecule has 0 aromatic carbocycles. The summed E-state index contributed by atoms with van der Waals surface area (Å²) < 4.78 is 28.5. The number of carboxylic acids is 1. The Morgan fingerprint density at radius 1 is 0.387 bits per heavy atom. The second-order valence-corrected chi connectivity index (χ2v) is 22.4. The van der Waals surface area contributed by atoms with E-state index in [4.69, 9.17) is 23.7 Å². The normalized spacial score (nSPS) is 18.0. The van der Waals surface area contributed by atoms with E-state index in [0.29, 0.717) is 19.3 Å². The van der Waals surface area contributed by atoms with Crippen LogP contribution in [0.15, 0.2) is 0 Å². The number of esters is 3. The molecule has 12 nitrogen and oxygen atoms in total. The Labute approximate surface area is 459 Å². The summed E-state index contributed by atoms with van der Waals surface area (Å²) in [6, 6.07) is 0. The standard InChI is InChI=1S/C63H118O12/c1-4-7-10-13-16-19-21-23-25-27-28-30-31-33-35-38-40-43-46-49-55(64)71-52-54(73-56(65)50-47-44-42-39-36-34-32-29-26-24-22-20-17-14-11-8-5-2)53-72-63-61(59(68)58(67)60(75-63)62(69)70)74-57(66)51-48-45-41-37-18-15-12-9-6-3/h54,58-61,63,67-68H,4-53H2,1-3H3,(H,69,70). The monoisotopic (exact) mass is 1070 g/mol. The highest BCUT2D eigenvalue weighted by Gasteiger charge is 2.50. The summed E-state index contributed by atoms with van der Waals surface area (Å²) in [6.07, 6.45) is 45.2. The summed E-state index contributed by atoms with van der Waals surface area (Å²) in [5.41, 5.74) is 0. The van der Waals surface area contributed by atoms with Crippen LogP contribution in [0.5, 0.6) is 0 Å². The fourth-order valence-corrected chi connectivity index (χ4v) is 10.3. The van der Waals surface area contributed by atoms with E-state index in [-0.39, 0.29) is 25.9 Å². The molecule has 1 aliphatic heterocycles. The Morgan fingerprint density at radius 2 is 0.680 bits per heavy atom. The lowest BCUT2D eigenvalue weighted by atomic mass is 9.98. The summed E-state index contributed by atoms with van der Waals surface area (Å²) in [4.78, 5) is 51.1.